The van der Waals surface area contributed by atoms with Crippen molar-refractivity contribution in [3.8, 4) is 16.9 Å². The number of amides is 1. The first-order valence-corrected chi connectivity index (χ1v) is 13.4. The average molecular weight is 524 g/mol. The summed E-state index contributed by atoms with van der Waals surface area (Å²) in [7, 11) is 0. The average Bonchev–Trinajstić information content (AvgIpc) is 3.41. The van der Waals surface area contributed by atoms with Crippen molar-refractivity contribution in [3.63, 3.8) is 0 Å². The Balaban J connectivity index is 1.25. The summed E-state index contributed by atoms with van der Waals surface area (Å²) in [5.74, 6) is 0.0707. The van der Waals surface area contributed by atoms with Gasteiger partial charge in [0.1, 0.15) is 5.75 Å². The van der Waals surface area contributed by atoms with E-state index in [1.807, 2.05) is 58.4 Å². The standard InChI is InChI=1S/C32H33N3O4/c1-22-7-3-11-30(23(22)2)39-18-6-12-31(36)35-17-5-9-28-27(8-4-10-29(28)35)26-19-33-34(21-26)20-24-13-15-25(16-14-24)32(37)38/h3-4,7-8,10-11,13-16,19,21H,5-6,9,12,17-18,20H2,1-2H3,(H,37,38). The van der Waals surface area contributed by atoms with E-state index in [-0.39, 0.29) is 11.5 Å². The minimum Gasteiger partial charge on any atom is -0.493 e. The number of carbonyl (C=O) groups excluding carboxylic acids is 1. The van der Waals surface area contributed by atoms with Crippen LogP contribution in [-0.2, 0) is 17.8 Å². The molecule has 200 valence electrons. The van der Waals surface area contributed by atoms with E-state index in [1.54, 1.807) is 12.1 Å². The summed E-state index contributed by atoms with van der Waals surface area (Å²) in [5, 5.41) is 13.7. The highest BCUT2D eigenvalue weighted by atomic mass is 16.5. The van der Waals surface area contributed by atoms with Crippen LogP contribution in [0.25, 0.3) is 11.1 Å². The molecule has 4 aromatic rings. The highest BCUT2D eigenvalue weighted by Crippen LogP contribution is 2.36. The van der Waals surface area contributed by atoms with E-state index in [0.29, 0.717) is 26.0 Å². The zero-order valence-electron chi connectivity index (χ0n) is 22.4. The number of ether oxygens (including phenoxy) is 1. The molecule has 0 spiro atoms. The molecule has 1 aromatic heterocycles. The maximum absolute atomic E-state index is 13.2. The smallest absolute Gasteiger partial charge is 0.335 e. The highest BCUT2D eigenvalue weighted by Gasteiger charge is 2.24. The molecule has 0 saturated carbocycles. The van der Waals surface area contributed by atoms with Crippen LogP contribution >= 0.6 is 0 Å². The molecule has 1 amide bonds. The van der Waals surface area contributed by atoms with E-state index >= 15 is 0 Å². The van der Waals surface area contributed by atoms with Crippen LogP contribution in [-0.4, -0.2) is 39.9 Å². The van der Waals surface area contributed by atoms with E-state index in [9.17, 15) is 9.59 Å². The fraction of sp³-hybridized carbons (Fsp3) is 0.281. The summed E-state index contributed by atoms with van der Waals surface area (Å²) >= 11 is 0. The summed E-state index contributed by atoms with van der Waals surface area (Å²) < 4.78 is 7.81. The van der Waals surface area contributed by atoms with Crippen molar-refractivity contribution in [2.24, 2.45) is 0 Å². The lowest BCUT2D eigenvalue weighted by molar-refractivity contribution is -0.118. The summed E-state index contributed by atoms with van der Waals surface area (Å²) in [6.07, 6.45) is 6.79. The number of hydrogen-bond donors (Lipinski definition) is 1. The van der Waals surface area contributed by atoms with E-state index in [0.717, 1.165) is 53.1 Å². The molecule has 3 aromatic carbocycles. The third-order valence-corrected chi connectivity index (χ3v) is 7.39. The molecule has 0 bridgehead atoms. The van der Waals surface area contributed by atoms with Crippen molar-refractivity contribution >= 4 is 17.6 Å². The molecule has 7 heteroatoms. The largest absolute Gasteiger partial charge is 0.493 e. The second-order valence-electron chi connectivity index (χ2n) is 10.0. The summed E-state index contributed by atoms with van der Waals surface area (Å²) in [5.41, 5.74) is 7.84. The van der Waals surface area contributed by atoms with Gasteiger partial charge in [0.25, 0.3) is 0 Å². The van der Waals surface area contributed by atoms with Crippen LogP contribution in [0.4, 0.5) is 5.69 Å². The second-order valence-corrected chi connectivity index (χ2v) is 10.0. The Morgan fingerprint density at radius 2 is 1.82 bits per heavy atom. The summed E-state index contributed by atoms with van der Waals surface area (Å²) in [6, 6.07) is 19.0. The van der Waals surface area contributed by atoms with Crippen LogP contribution in [0.5, 0.6) is 5.75 Å². The fourth-order valence-electron chi connectivity index (χ4n) is 5.10. The number of hydrogen-bond acceptors (Lipinski definition) is 4. The Labute approximate surface area is 228 Å². The van der Waals surface area contributed by atoms with Gasteiger partial charge in [-0.15, -0.1) is 0 Å². The number of anilines is 1. The molecule has 1 aliphatic heterocycles. The molecule has 1 aliphatic rings. The van der Waals surface area contributed by atoms with Gasteiger partial charge in [0.05, 0.1) is 24.9 Å². The Bertz CT molecular complexity index is 1490. The van der Waals surface area contributed by atoms with Gasteiger partial charge in [-0.1, -0.05) is 36.4 Å². The minimum atomic E-state index is -0.935. The van der Waals surface area contributed by atoms with Gasteiger partial charge < -0.3 is 14.7 Å². The lowest BCUT2D eigenvalue weighted by atomic mass is 9.93. The quantitative estimate of drug-likeness (QED) is 0.270. The summed E-state index contributed by atoms with van der Waals surface area (Å²) in [6.45, 7) is 5.90. The van der Waals surface area contributed by atoms with E-state index < -0.39 is 5.97 Å². The fourth-order valence-corrected chi connectivity index (χ4v) is 5.10. The first kappa shape index (κ1) is 26.2. The molecule has 0 saturated heterocycles. The molecule has 1 N–H and O–H groups in total. The van der Waals surface area contributed by atoms with Gasteiger partial charge in [-0.25, -0.2) is 4.79 Å². The minimum absolute atomic E-state index is 0.123. The number of carboxylic acids is 1. The van der Waals surface area contributed by atoms with Crippen LogP contribution in [0.15, 0.2) is 73.1 Å². The van der Waals surface area contributed by atoms with Crippen molar-refractivity contribution in [1.29, 1.82) is 0 Å². The lowest BCUT2D eigenvalue weighted by Crippen LogP contribution is -2.35. The Hall–Kier alpha value is -4.39. The Kier molecular flexibility index (Phi) is 7.77. The van der Waals surface area contributed by atoms with Crippen molar-refractivity contribution in [3.05, 3.63) is 101 Å². The van der Waals surface area contributed by atoms with Crippen LogP contribution in [0.3, 0.4) is 0 Å². The molecular weight excluding hydrogens is 490 g/mol. The number of carboxylic acid groups (broad SMARTS) is 1. The maximum atomic E-state index is 13.2. The monoisotopic (exact) mass is 523 g/mol. The Morgan fingerprint density at radius 1 is 1.03 bits per heavy atom. The van der Waals surface area contributed by atoms with Gasteiger partial charge in [-0.05, 0) is 85.2 Å². The van der Waals surface area contributed by atoms with Gasteiger partial charge in [0.2, 0.25) is 5.91 Å². The van der Waals surface area contributed by atoms with Crippen molar-refractivity contribution in [2.75, 3.05) is 18.1 Å². The molecule has 0 fully saturated rings. The van der Waals surface area contributed by atoms with Crippen molar-refractivity contribution < 1.29 is 19.4 Å². The zero-order valence-corrected chi connectivity index (χ0v) is 22.4. The molecule has 5 rings (SSSR count). The van der Waals surface area contributed by atoms with Crippen LogP contribution < -0.4 is 9.64 Å². The Morgan fingerprint density at radius 3 is 2.62 bits per heavy atom. The van der Waals surface area contributed by atoms with Gasteiger partial charge in [-0.3, -0.25) is 9.48 Å². The topological polar surface area (TPSA) is 84.7 Å². The molecule has 2 heterocycles. The number of benzene rings is 3. The predicted octanol–water partition coefficient (Wildman–Crippen LogP) is 6.05. The van der Waals surface area contributed by atoms with Gasteiger partial charge in [0.15, 0.2) is 0 Å². The number of fused-ring (bicyclic) bond motifs is 1. The normalized spacial score (nSPS) is 12.7. The lowest BCUT2D eigenvalue weighted by Gasteiger charge is -2.31. The van der Waals surface area contributed by atoms with Crippen LogP contribution in [0.1, 0.15) is 51.9 Å². The molecular formula is C32H33N3O4. The predicted molar refractivity (Wildman–Crippen MR) is 151 cm³/mol. The molecule has 0 aliphatic carbocycles. The molecule has 0 atom stereocenters. The molecule has 0 radical (unpaired) electrons. The number of carbonyl (C=O) groups is 2. The highest BCUT2D eigenvalue weighted by molar-refractivity contribution is 5.96. The van der Waals surface area contributed by atoms with E-state index in [1.165, 1.54) is 11.1 Å². The number of rotatable bonds is 9. The molecule has 7 nitrogen and oxygen atoms in total. The van der Waals surface area contributed by atoms with Gasteiger partial charge in [0, 0.05) is 30.4 Å². The zero-order chi connectivity index (χ0) is 27.4. The van der Waals surface area contributed by atoms with Crippen LogP contribution in [0.2, 0.25) is 0 Å². The van der Waals surface area contributed by atoms with Crippen LogP contribution in [0, 0.1) is 13.8 Å². The van der Waals surface area contributed by atoms with Gasteiger partial charge in [-0.2, -0.15) is 5.10 Å². The molecule has 39 heavy (non-hydrogen) atoms. The van der Waals surface area contributed by atoms with Crippen molar-refractivity contribution in [2.45, 2.75) is 46.1 Å². The third-order valence-electron chi connectivity index (χ3n) is 7.39. The summed E-state index contributed by atoms with van der Waals surface area (Å²) in [4.78, 5) is 26.3. The second kappa shape index (κ2) is 11.6. The van der Waals surface area contributed by atoms with Gasteiger partial charge >= 0.3 is 5.97 Å². The number of nitrogens with zero attached hydrogens (tertiary/aromatic N) is 3. The molecule has 0 unspecified atom stereocenters. The maximum Gasteiger partial charge on any atom is 0.335 e. The number of aryl methyl sites for hydroxylation is 1. The third kappa shape index (κ3) is 5.87. The first-order chi connectivity index (χ1) is 18.9. The van der Waals surface area contributed by atoms with E-state index in [4.69, 9.17) is 9.84 Å². The van der Waals surface area contributed by atoms with Crippen molar-refractivity contribution in [1.82, 2.24) is 9.78 Å². The SMILES string of the molecule is Cc1cccc(OCCCC(=O)N2CCCc3c(-c4cnn(Cc5ccc(C(=O)O)cc5)c4)cccc32)c1C. The number of aromatic nitrogens is 2. The van der Waals surface area contributed by atoms with E-state index in [2.05, 4.69) is 31.1 Å². The first-order valence-electron chi connectivity index (χ1n) is 13.4. The number of aromatic carboxylic acids is 1.